The van der Waals surface area contributed by atoms with Crippen molar-refractivity contribution in [2.45, 2.75) is 111 Å². The molecule has 4 nitrogen and oxygen atoms in total. The van der Waals surface area contributed by atoms with E-state index in [1.807, 2.05) is 0 Å². The van der Waals surface area contributed by atoms with E-state index in [0.717, 1.165) is 32.4 Å². The molecule has 0 saturated heterocycles. The summed E-state index contributed by atoms with van der Waals surface area (Å²) < 4.78 is 0. The van der Waals surface area contributed by atoms with E-state index >= 15 is 0 Å². The second-order valence-corrected chi connectivity index (χ2v) is 13.1. The van der Waals surface area contributed by atoms with Gasteiger partial charge in [0.2, 0.25) is 5.91 Å². The third kappa shape index (κ3) is 3.92. The fourth-order valence-corrected chi connectivity index (χ4v) is 9.02. The molecule has 0 radical (unpaired) electrons. The number of Topliss-reactive ketones (excluding diaryl/α,β-unsaturated/α-hetero) is 1. The zero-order valence-electron chi connectivity index (χ0n) is 21.6. The van der Waals surface area contributed by atoms with Crippen LogP contribution in [0.4, 0.5) is 0 Å². The van der Waals surface area contributed by atoms with Crippen molar-refractivity contribution in [1.82, 2.24) is 4.90 Å². The van der Waals surface area contributed by atoms with Gasteiger partial charge in [0.25, 0.3) is 0 Å². The van der Waals surface area contributed by atoms with Crippen LogP contribution in [0.5, 0.6) is 0 Å². The molecule has 4 saturated carbocycles. The maximum Gasteiger partial charge on any atom is 0.226 e. The molecule has 1 unspecified atom stereocenters. The van der Waals surface area contributed by atoms with E-state index in [2.05, 4.69) is 32.6 Å². The van der Waals surface area contributed by atoms with Gasteiger partial charge in [0.15, 0.2) is 0 Å². The molecule has 6 atom stereocenters. The van der Waals surface area contributed by atoms with E-state index in [1.165, 1.54) is 57.1 Å². The molecule has 0 bridgehead atoms. The number of amides is 1. The lowest BCUT2D eigenvalue weighted by molar-refractivity contribution is -0.146. The van der Waals surface area contributed by atoms with E-state index in [0.29, 0.717) is 47.8 Å². The normalized spacial score (nSPS) is 41.2. The van der Waals surface area contributed by atoms with Crippen molar-refractivity contribution in [2.75, 3.05) is 13.1 Å². The van der Waals surface area contributed by atoms with Crippen molar-refractivity contribution in [3.8, 4) is 0 Å². The highest BCUT2D eigenvalue weighted by molar-refractivity contribution is 6.07. The molecule has 5 aliphatic rings. The van der Waals surface area contributed by atoms with Gasteiger partial charge in [0, 0.05) is 49.0 Å². The van der Waals surface area contributed by atoms with Gasteiger partial charge in [-0.1, -0.05) is 47.0 Å². The molecular formula is C29H46N2O2. The lowest BCUT2D eigenvalue weighted by atomic mass is 9.49. The molecule has 5 rings (SSSR count). The van der Waals surface area contributed by atoms with Gasteiger partial charge in [-0.3, -0.25) is 14.6 Å². The zero-order chi connectivity index (χ0) is 23.4. The molecule has 4 fully saturated rings. The number of fused-ring (bicyclic) bond motifs is 5. The first-order valence-electron chi connectivity index (χ1n) is 14.1. The molecule has 0 aromatic rings. The standard InChI is InChI=1S/C29H46N2O2/c1-19(2)18-31(20-8-6-5-7-9-20)27(33)25-11-10-23-22-17-30-26-16-21(32)12-14-29(26,4)24(22)13-15-28(23,25)3/h19-20,22-25H,5-18H2,1-4H3/t22-,23-,24+,25?,28-,29+/m0/s1. The average Bonchev–Trinajstić information content (AvgIpc) is 3.15. The minimum absolute atomic E-state index is 0.117. The van der Waals surface area contributed by atoms with Crippen molar-refractivity contribution >= 4 is 17.4 Å². The number of hydrogen-bond acceptors (Lipinski definition) is 3. The van der Waals surface area contributed by atoms with E-state index in [-0.39, 0.29) is 16.7 Å². The summed E-state index contributed by atoms with van der Waals surface area (Å²) in [6.07, 6.45) is 13.2. The Kier molecular flexibility index (Phi) is 6.27. The van der Waals surface area contributed by atoms with Crippen LogP contribution in [0.1, 0.15) is 105 Å². The summed E-state index contributed by atoms with van der Waals surface area (Å²) in [4.78, 5) is 33.7. The van der Waals surface area contributed by atoms with Crippen molar-refractivity contribution in [3.05, 3.63) is 0 Å². The van der Waals surface area contributed by atoms with Gasteiger partial charge >= 0.3 is 0 Å². The van der Waals surface area contributed by atoms with E-state index in [4.69, 9.17) is 4.99 Å². The van der Waals surface area contributed by atoms with Gasteiger partial charge in [-0.05, 0) is 74.0 Å². The summed E-state index contributed by atoms with van der Waals surface area (Å²) in [5.74, 6) is 3.43. The summed E-state index contributed by atoms with van der Waals surface area (Å²) in [6.45, 7) is 11.2. The molecule has 0 aromatic carbocycles. The number of nitrogens with zero attached hydrogens (tertiary/aromatic N) is 2. The largest absolute Gasteiger partial charge is 0.339 e. The topological polar surface area (TPSA) is 49.7 Å². The van der Waals surface area contributed by atoms with E-state index in [1.54, 1.807) is 0 Å². The third-order valence-electron chi connectivity index (χ3n) is 10.9. The van der Waals surface area contributed by atoms with Crippen molar-refractivity contribution in [1.29, 1.82) is 0 Å². The van der Waals surface area contributed by atoms with Gasteiger partial charge in [0.1, 0.15) is 5.78 Å². The zero-order valence-corrected chi connectivity index (χ0v) is 21.6. The van der Waals surface area contributed by atoms with Gasteiger partial charge in [-0.2, -0.15) is 0 Å². The van der Waals surface area contributed by atoms with Crippen molar-refractivity contribution < 1.29 is 9.59 Å². The van der Waals surface area contributed by atoms with Crippen LogP contribution in [-0.2, 0) is 9.59 Å². The van der Waals surface area contributed by atoms with Crippen molar-refractivity contribution in [3.63, 3.8) is 0 Å². The second-order valence-electron chi connectivity index (χ2n) is 13.1. The first kappa shape index (κ1) is 23.5. The molecule has 1 aliphatic heterocycles. The minimum atomic E-state index is 0.117. The molecule has 4 heteroatoms. The lowest BCUT2D eigenvalue weighted by Gasteiger charge is -2.56. The molecule has 1 amide bonds. The SMILES string of the molecule is CC(C)CN(C(=O)C1CC[C@H]2[C@@H]3CN=C4CC(=O)CC[C@]4(C)[C@@H]3CC[C@]12C)C1CCCCC1. The Labute approximate surface area is 201 Å². The Bertz CT molecular complexity index is 812. The first-order valence-corrected chi connectivity index (χ1v) is 14.1. The molecule has 4 aliphatic carbocycles. The maximum atomic E-state index is 14.2. The molecule has 1 heterocycles. The molecule has 184 valence electrons. The van der Waals surface area contributed by atoms with Gasteiger partial charge in [0.05, 0.1) is 0 Å². The summed E-state index contributed by atoms with van der Waals surface area (Å²) in [5.41, 5.74) is 1.44. The number of carbonyl (C=O) groups excluding carboxylic acids is 2. The maximum absolute atomic E-state index is 14.2. The Hall–Kier alpha value is -1.19. The molecule has 0 N–H and O–H groups in total. The Balaban J connectivity index is 1.38. The fourth-order valence-electron chi connectivity index (χ4n) is 9.02. The first-order chi connectivity index (χ1) is 15.7. The quantitative estimate of drug-likeness (QED) is 0.517. The summed E-state index contributed by atoms with van der Waals surface area (Å²) >= 11 is 0. The number of ketones is 1. The van der Waals surface area contributed by atoms with Crippen LogP contribution in [0.15, 0.2) is 4.99 Å². The number of hydrogen-bond donors (Lipinski definition) is 0. The molecule has 0 spiro atoms. The minimum Gasteiger partial charge on any atom is -0.339 e. The highest BCUT2D eigenvalue weighted by Gasteiger charge is 2.61. The van der Waals surface area contributed by atoms with Crippen LogP contribution in [0, 0.1) is 40.4 Å². The number of carbonyl (C=O) groups is 2. The average molecular weight is 455 g/mol. The molecular weight excluding hydrogens is 408 g/mol. The molecule has 0 aromatic heterocycles. The summed E-state index contributed by atoms with van der Waals surface area (Å²) in [5, 5.41) is 0. The Morgan fingerprint density at radius 3 is 2.52 bits per heavy atom. The Morgan fingerprint density at radius 1 is 1.03 bits per heavy atom. The highest BCUT2D eigenvalue weighted by atomic mass is 16.2. The third-order valence-corrected chi connectivity index (χ3v) is 10.9. The van der Waals surface area contributed by atoms with Crippen LogP contribution in [0.3, 0.4) is 0 Å². The monoisotopic (exact) mass is 454 g/mol. The van der Waals surface area contributed by atoms with Gasteiger partial charge in [-0.15, -0.1) is 0 Å². The van der Waals surface area contributed by atoms with E-state index < -0.39 is 0 Å². The van der Waals surface area contributed by atoms with E-state index in [9.17, 15) is 9.59 Å². The number of rotatable bonds is 4. The second kappa shape index (κ2) is 8.79. The van der Waals surface area contributed by atoms with Gasteiger partial charge < -0.3 is 4.90 Å². The van der Waals surface area contributed by atoms with Gasteiger partial charge in [-0.25, -0.2) is 0 Å². The van der Waals surface area contributed by atoms with Crippen LogP contribution in [-0.4, -0.2) is 41.4 Å². The van der Waals surface area contributed by atoms with Crippen LogP contribution in [0.2, 0.25) is 0 Å². The lowest BCUT2D eigenvalue weighted by Crippen LogP contribution is -2.56. The highest BCUT2D eigenvalue weighted by Crippen LogP contribution is 2.64. The number of aliphatic imine (C=N–C) groups is 1. The molecule has 33 heavy (non-hydrogen) atoms. The van der Waals surface area contributed by atoms with Crippen LogP contribution in [0.25, 0.3) is 0 Å². The predicted octanol–water partition coefficient (Wildman–Crippen LogP) is 6.08. The summed E-state index contributed by atoms with van der Waals surface area (Å²) in [6, 6.07) is 0.466. The predicted molar refractivity (Wildman–Crippen MR) is 133 cm³/mol. The smallest absolute Gasteiger partial charge is 0.226 e. The fraction of sp³-hybridized carbons (Fsp3) is 0.897. The summed E-state index contributed by atoms with van der Waals surface area (Å²) in [7, 11) is 0. The van der Waals surface area contributed by atoms with Crippen molar-refractivity contribution in [2.24, 2.45) is 45.4 Å². The van der Waals surface area contributed by atoms with Crippen LogP contribution >= 0.6 is 0 Å². The van der Waals surface area contributed by atoms with Crippen LogP contribution < -0.4 is 0 Å². The Morgan fingerprint density at radius 2 is 1.79 bits per heavy atom.